The van der Waals surface area contributed by atoms with Crippen LogP contribution >= 0.6 is 0 Å². The normalized spacial score (nSPS) is 25.8. The second-order valence-corrected chi connectivity index (χ2v) is 6.71. The highest BCUT2D eigenvalue weighted by molar-refractivity contribution is 5.94. The summed E-state index contributed by atoms with van der Waals surface area (Å²) in [7, 11) is 0. The van der Waals surface area contributed by atoms with Crippen LogP contribution in [0.3, 0.4) is 0 Å². The highest BCUT2D eigenvalue weighted by atomic mass is 16.5. The van der Waals surface area contributed by atoms with Gasteiger partial charge in [-0.25, -0.2) is 4.98 Å². The van der Waals surface area contributed by atoms with E-state index in [2.05, 4.69) is 11.1 Å². The highest BCUT2D eigenvalue weighted by Gasteiger charge is 2.50. The summed E-state index contributed by atoms with van der Waals surface area (Å²) in [6, 6.07) is 5.69. The monoisotopic (exact) mass is 314 g/mol. The number of likely N-dealkylation sites (tertiary alicyclic amines) is 1. The first kappa shape index (κ1) is 14.7. The molecule has 0 bridgehead atoms. The van der Waals surface area contributed by atoms with Gasteiger partial charge in [-0.15, -0.1) is 0 Å². The fraction of sp³-hybridized carbons (Fsp3) is 0.556. The Labute approximate surface area is 136 Å². The average Bonchev–Trinajstić information content (AvgIpc) is 3.07. The Morgan fingerprint density at radius 1 is 1.39 bits per heavy atom. The zero-order valence-electron chi connectivity index (χ0n) is 13.2. The summed E-state index contributed by atoms with van der Waals surface area (Å²) < 4.78 is 12.0. The maximum Gasteiger partial charge on any atom is 0.249 e. The van der Waals surface area contributed by atoms with Gasteiger partial charge in [-0.3, -0.25) is 4.79 Å². The number of aromatic nitrogens is 1. The molecule has 1 atom stereocenters. The molecule has 0 unspecified atom stereocenters. The van der Waals surface area contributed by atoms with Gasteiger partial charge in [0.1, 0.15) is 11.7 Å². The zero-order chi connectivity index (χ0) is 15.7. The van der Waals surface area contributed by atoms with Gasteiger partial charge in [0.15, 0.2) is 0 Å². The summed E-state index contributed by atoms with van der Waals surface area (Å²) in [5, 5.41) is 0. The number of hydrogen-bond donors (Lipinski definition) is 0. The second-order valence-electron chi connectivity index (χ2n) is 6.71. The van der Waals surface area contributed by atoms with Gasteiger partial charge in [0.25, 0.3) is 0 Å². The van der Waals surface area contributed by atoms with Crippen molar-refractivity contribution in [2.75, 3.05) is 19.7 Å². The van der Waals surface area contributed by atoms with E-state index in [1.54, 1.807) is 6.20 Å². The van der Waals surface area contributed by atoms with Crippen molar-refractivity contribution in [2.45, 2.75) is 43.8 Å². The number of carbonyl (C=O) groups is 1. The van der Waals surface area contributed by atoms with E-state index in [9.17, 15) is 4.79 Å². The first-order valence-corrected chi connectivity index (χ1v) is 8.44. The van der Waals surface area contributed by atoms with Crippen molar-refractivity contribution in [3.63, 3.8) is 0 Å². The molecule has 0 N–H and O–H groups in total. The van der Waals surface area contributed by atoms with Crippen molar-refractivity contribution >= 4 is 5.91 Å². The number of rotatable bonds is 3. The number of allylic oxidation sites excluding steroid dienone is 1. The fourth-order valence-electron chi connectivity index (χ4n) is 3.75. The minimum atomic E-state index is -0.216. The third-order valence-corrected chi connectivity index (χ3v) is 4.93. The topological polar surface area (TPSA) is 51.7 Å². The van der Waals surface area contributed by atoms with Gasteiger partial charge in [-0.1, -0.05) is 12.1 Å². The summed E-state index contributed by atoms with van der Waals surface area (Å²) in [6.45, 7) is 2.05. The molecule has 4 rings (SSSR count). The van der Waals surface area contributed by atoms with Crippen LogP contribution in [0.1, 0.15) is 32.1 Å². The first-order valence-electron chi connectivity index (χ1n) is 8.44. The van der Waals surface area contributed by atoms with Gasteiger partial charge in [-0.05, 0) is 25.3 Å². The molecule has 0 aromatic carbocycles. The lowest BCUT2D eigenvalue weighted by Crippen LogP contribution is -2.67. The SMILES string of the molecule is O=C(C1=CCCC1)N1CC2(C[C@H](Oc3ccccn3)CCO2)C1. The Hall–Kier alpha value is -1.88. The summed E-state index contributed by atoms with van der Waals surface area (Å²) in [4.78, 5) is 18.5. The molecule has 0 saturated carbocycles. The van der Waals surface area contributed by atoms with Crippen LogP contribution in [0.2, 0.25) is 0 Å². The summed E-state index contributed by atoms with van der Waals surface area (Å²) >= 11 is 0. The standard InChI is InChI=1S/C18H22N2O3/c21-17(14-5-1-2-6-14)20-12-18(13-20)11-15(8-10-22-18)23-16-7-3-4-9-19-16/h3-5,7,9,15H,1-2,6,8,10-13H2/t15-/m1/s1. The number of carbonyl (C=O) groups excluding carboxylic acids is 1. The maximum absolute atomic E-state index is 12.4. The van der Waals surface area contributed by atoms with Gasteiger partial charge in [0.05, 0.1) is 19.7 Å². The number of ether oxygens (including phenoxy) is 2. The molecule has 2 aliphatic heterocycles. The molecule has 3 aliphatic rings. The largest absolute Gasteiger partial charge is 0.474 e. The molecule has 3 heterocycles. The molecule has 122 valence electrons. The van der Waals surface area contributed by atoms with Gasteiger partial charge >= 0.3 is 0 Å². The average molecular weight is 314 g/mol. The lowest BCUT2D eigenvalue weighted by molar-refractivity contribution is -0.191. The van der Waals surface area contributed by atoms with Crippen LogP contribution in [0.25, 0.3) is 0 Å². The Bertz CT molecular complexity index is 608. The van der Waals surface area contributed by atoms with Gasteiger partial charge in [0.2, 0.25) is 11.8 Å². The Balaban J connectivity index is 1.34. The lowest BCUT2D eigenvalue weighted by atomic mass is 9.84. The Morgan fingerprint density at radius 2 is 2.30 bits per heavy atom. The maximum atomic E-state index is 12.4. The predicted octanol–water partition coefficient (Wildman–Crippen LogP) is 2.33. The lowest BCUT2D eigenvalue weighted by Gasteiger charge is -2.53. The molecule has 1 spiro atoms. The van der Waals surface area contributed by atoms with Crippen LogP contribution in [-0.4, -0.2) is 47.2 Å². The van der Waals surface area contributed by atoms with Crippen LogP contribution in [0.15, 0.2) is 36.0 Å². The van der Waals surface area contributed by atoms with Gasteiger partial charge in [-0.2, -0.15) is 0 Å². The van der Waals surface area contributed by atoms with E-state index in [0.717, 1.165) is 37.7 Å². The summed E-state index contributed by atoms with van der Waals surface area (Å²) in [5.41, 5.74) is 0.768. The number of nitrogens with zero attached hydrogens (tertiary/aromatic N) is 2. The van der Waals surface area contributed by atoms with Crippen LogP contribution in [0, 0.1) is 0 Å². The van der Waals surface area contributed by atoms with Crippen molar-refractivity contribution < 1.29 is 14.3 Å². The molecule has 0 radical (unpaired) electrons. The molecule has 5 nitrogen and oxygen atoms in total. The molecule has 2 fully saturated rings. The fourth-order valence-corrected chi connectivity index (χ4v) is 3.75. The number of hydrogen-bond acceptors (Lipinski definition) is 4. The molecular formula is C18H22N2O3. The van der Waals surface area contributed by atoms with Crippen molar-refractivity contribution in [1.82, 2.24) is 9.88 Å². The van der Waals surface area contributed by atoms with Gasteiger partial charge < -0.3 is 14.4 Å². The predicted molar refractivity (Wildman–Crippen MR) is 85.1 cm³/mol. The minimum absolute atomic E-state index is 0.113. The molecule has 1 aromatic rings. The molecule has 1 amide bonds. The van der Waals surface area contributed by atoms with Crippen molar-refractivity contribution in [3.8, 4) is 5.88 Å². The van der Waals surface area contributed by atoms with Gasteiger partial charge in [0, 0.05) is 30.7 Å². The first-order chi connectivity index (χ1) is 11.2. The minimum Gasteiger partial charge on any atom is -0.474 e. The molecule has 2 saturated heterocycles. The molecule has 1 aliphatic carbocycles. The number of pyridine rings is 1. The van der Waals surface area contributed by atoms with E-state index in [0.29, 0.717) is 25.6 Å². The van der Waals surface area contributed by atoms with E-state index < -0.39 is 0 Å². The van der Waals surface area contributed by atoms with Crippen LogP contribution < -0.4 is 4.74 Å². The third kappa shape index (κ3) is 2.98. The number of amides is 1. The summed E-state index contributed by atoms with van der Waals surface area (Å²) in [6.07, 6.45) is 8.71. The van der Waals surface area contributed by atoms with E-state index in [4.69, 9.17) is 9.47 Å². The molecule has 1 aromatic heterocycles. The molecular weight excluding hydrogens is 292 g/mol. The second kappa shape index (κ2) is 5.96. The summed E-state index contributed by atoms with van der Waals surface area (Å²) in [5.74, 6) is 0.863. The Kier molecular flexibility index (Phi) is 3.81. The van der Waals surface area contributed by atoms with Crippen molar-refractivity contribution in [1.29, 1.82) is 0 Å². The van der Waals surface area contributed by atoms with E-state index in [1.165, 1.54) is 0 Å². The van der Waals surface area contributed by atoms with E-state index in [-0.39, 0.29) is 17.6 Å². The van der Waals surface area contributed by atoms with Crippen molar-refractivity contribution in [3.05, 3.63) is 36.0 Å². The van der Waals surface area contributed by atoms with Crippen LogP contribution in [0.4, 0.5) is 0 Å². The molecule has 23 heavy (non-hydrogen) atoms. The zero-order valence-corrected chi connectivity index (χ0v) is 13.2. The highest BCUT2D eigenvalue weighted by Crippen LogP contribution is 2.37. The van der Waals surface area contributed by atoms with Crippen LogP contribution in [-0.2, 0) is 9.53 Å². The Morgan fingerprint density at radius 3 is 3.04 bits per heavy atom. The van der Waals surface area contributed by atoms with E-state index >= 15 is 0 Å². The van der Waals surface area contributed by atoms with Crippen molar-refractivity contribution in [2.24, 2.45) is 0 Å². The molecule has 5 heteroatoms. The van der Waals surface area contributed by atoms with Crippen LogP contribution in [0.5, 0.6) is 5.88 Å². The smallest absolute Gasteiger partial charge is 0.249 e. The quantitative estimate of drug-likeness (QED) is 0.859. The third-order valence-electron chi connectivity index (χ3n) is 4.93. The van der Waals surface area contributed by atoms with E-state index in [1.807, 2.05) is 23.1 Å².